The van der Waals surface area contributed by atoms with Gasteiger partial charge in [0.2, 0.25) is 0 Å². The molecule has 1 rings (SSSR count). The third-order valence-corrected chi connectivity index (χ3v) is 1.99. The standard InChI is InChI=1S/C11H17N3S/c1-8(2)7-13-9-5-3-4-6-10(9)14-11(12)15/h3-6,8,13H,7H2,1-2H3,(H3,12,14,15). The normalized spacial score (nSPS) is 10.1. The summed E-state index contributed by atoms with van der Waals surface area (Å²) < 4.78 is 0. The molecular weight excluding hydrogens is 206 g/mol. The van der Waals surface area contributed by atoms with Gasteiger partial charge >= 0.3 is 0 Å². The fraction of sp³-hybridized carbons (Fsp3) is 0.364. The molecule has 0 spiro atoms. The Labute approximate surface area is 96.1 Å². The molecule has 0 heterocycles. The van der Waals surface area contributed by atoms with E-state index in [9.17, 15) is 0 Å². The van der Waals surface area contributed by atoms with Gasteiger partial charge in [0.05, 0.1) is 11.4 Å². The molecule has 0 bridgehead atoms. The van der Waals surface area contributed by atoms with Crippen molar-refractivity contribution in [3.05, 3.63) is 24.3 Å². The lowest BCUT2D eigenvalue weighted by Crippen LogP contribution is -2.20. The first kappa shape index (κ1) is 11.8. The summed E-state index contributed by atoms with van der Waals surface area (Å²) in [6, 6.07) is 7.87. The zero-order valence-corrected chi connectivity index (χ0v) is 9.90. The van der Waals surface area contributed by atoms with Crippen LogP contribution in [0.4, 0.5) is 11.4 Å². The van der Waals surface area contributed by atoms with Crippen molar-refractivity contribution in [1.82, 2.24) is 0 Å². The van der Waals surface area contributed by atoms with Crippen LogP contribution >= 0.6 is 12.2 Å². The summed E-state index contributed by atoms with van der Waals surface area (Å²) in [5.74, 6) is 0.600. The van der Waals surface area contributed by atoms with Crippen LogP contribution in [0.25, 0.3) is 0 Å². The third-order valence-electron chi connectivity index (χ3n) is 1.89. The minimum Gasteiger partial charge on any atom is -0.383 e. The molecule has 1 aromatic carbocycles. The lowest BCUT2D eigenvalue weighted by atomic mass is 10.2. The summed E-state index contributed by atoms with van der Waals surface area (Å²) in [4.78, 5) is 0. The number of nitrogens with two attached hydrogens (primary N) is 1. The Morgan fingerprint density at radius 2 is 1.93 bits per heavy atom. The van der Waals surface area contributed by atoms with E-state index in [0.717, 1.165) is 17.9 Å². The van der Waals surface area contributed by atoms with Gasteiger partial charge in [-0.2, -0.15) is 0 Å². The fourth-order valence-electron chi connectivity index (χ4n) is 1.19. The maximum absolute atomic E-state index is 5.44. The van der Waals surface area contributed by atoms with Gasteiger partial charge in [0.25, 0.3) is 0 Å². The van der Waals surface area contributed by atoms with Gasteiger partial charge in [0, 0.05) is 6.54 Å². The fourth-order valence-corrected chi connectivity index (χ4v) is 1.30. The molecule has 4 heteroatoms. The van der Waals surface area contributed by atoms with Gasteiger partial charge in [-0.1, -0.05) is 26.0 Å². The molecule has 82 valence electrons. The van der Waals surface area contributed by atoms with Crippen LogP contribution in [0.2, 0.25) is 0 Å². The minimum atomic E-state index is 0.286. The van der Waals surface area contributed by atoms with Gasteiger partial charge in [0.1, 0.15) is 0 Å². The van der Waals surface area contributed by atoms with E-state index in [1.54, 1.807) is 0 Å². The van der Waals surface area contributed by atoms with E-state index in [1.165, 1.54) is 0 Å². The van der Waals surface area contributed by atoms with Crippen molar-refractivity contribution in [2.24, 2.45) is 11.7 Å². The number of nitrogens with one attached hydrogen (secondary N) is 2. The van der Waals surface area contributed by atoms with Gasteiger partial charge < -0.3 is 16.4 Å². The third kappa shape index (κ3) is 4.16. The topological polar surface area (TPSA) is 50.1 Å². The zero-order chi connectivity index (χ0) is 11.3. The summed E-state index contributed by atoms with van der Waals surface area (Å²) in [5.41, 5.74) is 7.39. The number of para-hydroxylation sites is 2. The minimum absolute atomic E-state index is 0.286. The zero-order valence-electron chi connectivity index (χ0n) is 9.08. The Morgan fingerprint density at radius 1 is 1.33 bits per heavy atom. The molecule has 0 radical (unpaired) electrons. The Hall–Kier alpha value is -1.29. The molecule has 4 N–H and O–H groups in total. The molecule has 0 amide bonds. The molecule has 0 fully saturated rings. The second-order valence-corrected chi connectivity index (χ2v) is 4.25. The van der Waals surface area contributed by atoms with Crippen molar-refractivity contribution < 1.29 is 0 Å². The lowest BCUT2D eigenvalue weighted by Gasteiger charge is -2.14. The molecule has 3 nitrogen and oxygen atoms in total. The Bertz CT molecular complexity index is 336. The van der Waals surface area contributed by atoms with Crippen LogP contribution in [-0.2, 0) is 0 Å². The number of hydrogen-bond acceptors (Lipinski definition) is 2. The highest BCUT2D eigenvalue weighted by Gasteiger charge is 2.01. The average molecular weight is 223 g/mol. The van der Waals surface area contributed by atoms with E-state index >= 15 is 0 Å². The van der Waals surface area contributed by atoms with Crippen LogP contribution in [0, 0.1) is 5.92 Å². The summed E-state index contributed by atoms with van der Waals surface area (Å²) in [5, 5.41) is 6.57. The molecule has 0 saturated carbocycles. The van der Waals surface area contributed by atoms with Crippen molar-refractivity contribution in [2.45, 2.75) is 13.8 Å². The number of rotatable bonds is 4. The van der Waals surface area contributed by atoms with Crippen molar-refractivity contribution in [3.8, 4) is 0 Å². The van der Waals surface area contributed by atoms with Gasteiger partial charge in [-0.05, 0) is 30.3 Å². The number of benzene rings is 1. The molecule has 0 unspecified atom stereocenters. The summed E-state index contributed by atoms with van der Waals surface area (Å²) in [6.07, 6.45) is 0. The number of hydrogen-bond donors (Lipinski definition) is 3. The van der Waals surface area contributed by atoms with Gasteiger partial charge in [-0.3, -0.25) is 0 Å². The van der Waals surface area contributed by atoms with Crippen LogP contribution in [-0.4, -0.2) is 11.7 Å². The maximum atomic E-state index is 5.44. The van der Waals surface area contributed by atoms with E-state index in [0.29, 0.717) is 5.92 Å². The van der Waals surface area contributed by atoms with Crippen molar-refractivity contribution in [3.63, 3.8) is 0 Å². The second-order valence-electron chi connectivity index (χ2n) is 3.81. The first-order chi connectivity index (χ1) is 7.09. The van der Waals surface area contributed by atoms with Crippen LogP contribution < -0.4 is 16.4 Å². The molecule has 0 aliphatic carbocycles. The molecule has 0 aliphatic rings. The highest BCUT2D eigenvalue weighted by molar-refractivity contribution is 7.80. The molecule has 0 aromatic heterocycles. The Kier molecular flexibility index (Phi) is 4.37. The van der Waals surface area contributed by atoms with Gasteiger partial charge in [0.15, 0.2) is 5.11 Å². The van der Waals surface area contributed by atoms with E-state index in [1.807, 2.05) is 24.3 Å². The van der Waals surface area contributed by atoms with Gasteiger partial charge in [-0.15, -0.1) is 0 Å². The quantitative estimate of drug-likeness (QED) is 0.686. The van der Waals surface area contributed by atoms with E-state index in [4.69, 9.17) is 18.0 Å². The molecule has 0 aliphatic heterocycles. The van der Waals surface area contributed by atoms with Crippen molar-refractivity contribution >= 4 is 28.7 Å². The SMILES string of the molecule is CC(C)CNc1ccccc1NC(N)=S. The van der Waals surface area contributed by atoms with Crippen LogP contribution in [0.3, 0.4) is 0 Å². The largest absolute Gasteiger partial charge is 0.383 e. The summed E-state index contributed by atoms with van der Waals surface area (Å²) >= 11 is 4.81. The highest BCUT2D eigenvalue weighted by atomic mass is 32.1. The maximum Gasteiger partial charge on any atom is 0.168 e. The Morgan fingerprint density at radius 3 is 2.47 bits per heavy atom. The molecule has 1 aromatic rings. The summed E-state index contributed by atoms with van der Waals surface area (Å²) in [6.45, 7) is 5.25. The number of thiocarbonyl (C=S) groups is 1. The first-order valence-electron chi connectivity index (χ1n) is 4.99. The highest BCUT2D eigenvalue weighted by Crippen LogP contribution is 2.20. The molecule has 15 heavy (non-hydrogen) atoms. The number of anilines is 2. The van der Waals surface area contributed by atoms with E-state index in [-0.39, 0.29) is 5.11 Å². The molecule has 0 saturated heterocycles. The van der Waals surface area contributed by atoms with Crippen molar-refractivity contribution in [1.29, 1.82) is 0 Å². The summed E-state index contributed by atoms with van der Waals surface area (Å²) in [7, 11) is 0. The monoisotopic (exact) mass is 223 g/mol. The molecular formula is C11H17N3S. The second kappa shape index (κ2) is 5.56. The first-order valence-corrected chi connectivity index (χ1v) is 5.39. The van der Waals surface area contributed by atoms with Crippen LogP contribution in [0.5, 0.6) is 0 Å². The predicted molar refractivity (Wildman–Crippen MR) is 70.2 cm³/mol. The van der Waals surface area contributed by atoms with Crippen LogP contribution in [0.1, 0.15) is 13.8 Å². The predicted octanol–water partition coefficient (Wildman–Crippen LogP) is 2.41. The molecule has 0 atom stereocenters. The average Bonchev–Trinajstić information content (AvgIpc) is 2.15. The van der Waals surface area contributed by atoms with Crippen LogP contribution in [0.15, 0.2) is 24.3 Å². The van der Waals surface area contributed by atoms with E-state index < -0.39 is 0 Å². The smallest absolute Gasteiger partial charge is 0.168 e. The Balaban J connectivity index is 2.72. The lowest BCUT2D eigenvalue weighted by molar-refractivity contribution is 0.689. The van der Waals surface area contributed by atoms with E-state index in [2.05, 4.69) is 24.5 Å². The van der Waals surface area contributed by atoms with Crippen molar-refractivity contribution in [2.75, 3.05) is 17.2 Å². The van der Waals surface area contributed by atoms with Gasteiger partial charge in [-0.25, -0.2) is 0 Å².